The second-order valence-corrected chi connectivity index (χ2v) is 6.91. The molecule has 0 saturated heterocycles. The molecule has 146 valence electrons. The lowest BCUT2D eigenvalue weighted by Crippen LogP contribution is -2.36. The van der Waals surface area contributed by atoms with Gasteiger partial charge in [0.15, 0.2) is 0 Å². The highest BCUT2D eigenvalue weighted by atomic mass is 32.1. The lowest BCUT2D eigenvalue weighted by Gasteiger charge is -2.13. The molecule has 3 aromatic rings. The number of carbonyl (C=O) groups is 2. The van der Waals surface area contributed by atoms with Gasteiger partial charge in [0.25, 0.3) is 0 Å². The summed E-state index contributed by atoms with van der Waals surface area (Å²) in [5, 5.41) is 4.41. The molecule has 0 fully saturated rings. The third-order valence-corrected chi connectivity index (χ3v) is 4.93. The van der Waals surface area contributed by atoms with Crippen LogP contribution in [0.25, 0.3) is 10.6 Å². The van der Waals surface area contributed by atoms with Gasteiger partial charge in [-0.1, -0.05) is 12.1 Å². The van der Waals surface area contributed by atoms with E-state index in [9.17, 15) is 22.8 Å². The van der Waals surface area contributed by atoms with Crippen molar-refractivity contribution < 1.29 is 27.2 Å². The first kappa shape index (κ1) is 19.7. The number of furan rings is 1. The van der Waals surface area contributed by atoms with Gasteiger partial charge in [0.2, 0.25) is 0 Å². The number of hydrogen-bond acceptors (Lipinski definition) is 4. The van der Waals surface area contributed by atoms with Gasteiger partial charge in [0.1, 0.15) is 5.76 Å². The summed E-state index contributed by atoms with van der Waals surface area (Å²) in [6, 6.07) is 11.9. The lowest BCUT2D eigenvalue weighted by atomic mass is 10.1. The second-order valence-electron chi connectivity index (χ2n) is 5.75. The zero-order chi connectivity index (χ0) is 20.1. The molecule has 0 spiro atoms. The maximum atomic E-state index is 12.9. The Morgan fingerprint density at radius 3 is 2.50 bits per heavy atom. The summed E-state index contributed by atoms with van der Waals surface area (Å²) in [6.45, 7) is 0.172. The summed E-state index contributed by atoms with van der Waals surface area (Å²) in [4.78, 5) is 25.7. The molecule has 2 amide bonds. The van der Waals surface area contributed by atoms with E-state index in [1.165, 1.54) is 23.5 Å². The van der Waals surface area contributed by atoms with Crippen LogP contribution in [0.4, 0.5) is 18.9 Å². The van der Waals surface area contributed by atoms with Crippen LogP contribution in [0.1, 0.15) is 10.4 Å². The number of para-hydroxylation sites is 1. The fourth-order valence-corrected chi connectivity index (χ4v) is 3.44. The summed E-state index contributed by atoms with van der Waals surface area (Å²) in [5.41, 5.74) is -1.48. The summed E-state index contributed by atoms with van der Waals surface area (Å²) in [5.74, 6) is -1.41. The standard InChI is InChI=1S/C19H15F3N2O3S/c20-19(21,22)13-4-1-2-5-14(13)24-18(26)17(25)23-10-9-12-7-8-16(28-12)15-6-3-11-27-15/h1-8,11H,9-10H2,(H,23,25)(H,24,26). The molecule has 3 rings (SSSR count). The molecule has 2 N–H and O–H groups in total. The third-order valence-electron chi connectivity index (χ3n) is 3.77. The van der Waals surface area contributed by atoms with E-state index in [4.69, 9.17) is 4.42 Å². The van der Waals surface area contributed by atoms with Crippen LogP contribution < -0.4 is 10.6 Å². The number of hydrogen-bond donors (Lipinski definition) is 2. The summed E-state index contributed by atoms with van der Waals surface area (Å²) in [6.07, 6.45) is -2.58. The van der Waals surface area contributed by atoms with Crippen molar-refractivity contribution in [3.8, 4) is 10.6 Å². The van der Waals surface area contributed by atoms with Gasteiger partial charge < -0.3 is 15.1 Å². The first-order valence-corrected chi connectivity index (χ1v) is 9.04. The molecular weight excluding hydrogens is 393 g/mol. The monoisotopic (exact) mass is 408 g/mol. The second kappa shape index (κ2) is 8.30. The van der Waals surface area contributed by atoms with E-state index < -0.39 is 29.2 Å². The minimum absolute atomic E-state index is 0.172. The quantitative estimate of drug-likeness (QED) is 0.618. The SMILES string of the molecule is O=C(NCCc1ccc(-c2ccco2)s1)C(=O)Nc1ccccc1C(F)(F)F. The maximum Gasteiger partial charge on any atom is 0.418 e. The Morgan fingerprint density at radius 2 is 1.79 bits per heavy atom. The summed E-state index contributed by atoms with van der Waals surface area (Å²) in [7, 11) is 0. The fraction of sp³-hybridized carbons (Fsp3) is 0.158. The van der Waals surface area contributed by atoms with Crippen molar-refractivity contribution in [1.29, 1.82) is 0 Å². The van der Waals surface area contributed by atoms with E-state index in [1.807, 2.05) is 23.5 Å². The van der Waals surface area contributed by atoms with Crippen molar-refractivity contribution in [3.05, 3.63) is 65.2 Å². The van der Waals surface area contributed by atoms with E-state index in [-0.39, 0.29) is 6.54 Å². The molecule has 0 saturated carbocycles. The van der Waals surface area contributed by atoms with Crippen molar-refractivity contribution in [2.75, 3.05) is 11.9 Å². The Hall–Kier alpha value is -3.07. The minimum Gasteiger partial charge on any atom is -0.464 e. The normalized spacial score (nSPS) is 11.2. The molecule has 28 heavy (non-hydrogen) atoms. The van der Waals surface area contributed by atoms with Crippen molar-refractivity contribution in [3.63, 3.8) is 0 Å². The van der Waals surface area contributed by atoms with Crippen molar-refractivity contribution in [2.45, 2.75) is 12.6 Å². The zero-order valence-electron chi connectivity index (χ0n) is 14.4. The number of nitrogens with one attached hydrogen (secondary N) is 2. The number of thiophene rings is 1. The molecular formula is C19H15F3N2O3S. The summed E-state index contributed by atoms with van der Waals surface area (Å²) >= 11 is 1.49. The van der Waals surface area contributed by atoms with Gasteiger partial charge >= 0.3 is 18.0 Å². The van der Waals surface area contributed by atoms with Gasteiger partial charge in [0.05, 0.1) is 22.4 Å². The van der Waals surface area contributed by atoms with Crippen molar-refractivity contribution in [1.82, 2.24) is 5.32 Å². The fourth-order valence-electron chi connectivity index (χ4n) is 2.46. The number of alkyl halides is 3. The van der Waals surface area contributed by atoms with Gasteiger partial charge in [-0.25, -0.2) is 0 Å². The third kappa shape index (κ3) is 4.80. The molecule has 0 bridgehead atoms. The molecule has 0 aliphatic carbocycles. The van der Waals surface area contributed by atoms with Gasteiger partial charge in [0, 0.05) is 11.4 Å². The van der Waals surface area contributed by atoms with Crippen molar-refractivity contribution in [2.24, 2.45) is 0 Å². The van der Waals surface area contributed by atoms with E-state index in [1.54, 1.807) is 12.3 Å². The van der Waals surface area contributed by atoms with Gasteiger partial charge in [-0.3, -0.25) is 9.59 Å². The zero-order valence-corrected chi connectivity index (χ0v) is 15.2. The number of benzene rings is 1. The van der Waals surface area contributed by atoms with E-state index >= 15 is 0 Å². The number of amides is 2. The van der Waals surface area contributed by atoms with Gasteiger partial charge in [-0.05, 0) is 42.8 Å². The molecule has 9 heteroatoms. The highest BCUT2D eigenvalue weighted by Gasteiger charge is 2.34. The van der Waals surface area contributed by atoms with E-state index in [0.717, 1.165) is 27.6 Å². The van der Waals surface area contributed by atoms with E-state index in [2.05, 4.69) is 5.32 Å². The van der Waals surface area contributed by atoms with Crippen molar-refractivity contribution >= 4 is 28.8 Å². The Labute approximate surface area is 162 Å². The number of carbonyl (C=O) groups excluding carboxylic acids is 2. The van der Waals surface area contributed by atoms with Crippen LogP contribution in [-0.2, 0) is 22.2 Å². The molecule has 2 aromatic heterocycles. The molecule has 1 aromatic carbocycles. The topological polar surface area (TPSA) is 71.3 Å². The summed E-state index contributed by atoms with van der Waals surface area (Å²) < 4.78 is 44.1. The van der Waals surface area contributed by atoms with Crippen LogP contribution >= 0.6 is 11.3 Å². The molecule has 0 aliphatic heterocycles. The average molecular weight is 408 g/mol. The van der Waals surface area contributed by atoms with Crippen LogP contribution in [0, 0.1) is 0 Å². The Kier molecular flexibility index (Phi) is 5.84. The maximum absolute atomic E-state index is 12.9. The first-order chi connectivity index (χ1) is 13.3. The Balaban J connectivity index is 1.52. The van der Waals surface area contributed by atoms with Gasteiger partial charge in [-0.2, -0.15) is 13.2 Å². The highest BCUT2D eigenvalue weighted by Crippen LogP contribution is 2.34. The molecule has 0 aliphatic rings. The van der Waals surface area contributed by atoms with Gasteiger partial charge in [-0.15, -0.1) is 11.3 Å². The highest BCUT2D eigenvalue weighted by molar-refractivity contribution is 7.15. The first-order valence-electron chi connectivity index (χ1n) is 8.22. The number of rotatable bonds is 5. The number of halogens is 3. The minimum atomic E-state index is -4.63. The van der Waals surface area contributed by atoms with Crippen LogP contribution in [0.5, 0.6) is 0 Å². The molecule has 2 heterocycles. The van der Waals surface area contributed by atoms with Crippen LogP contribution in [0.3, 0.4) is 0 Å². The molecule has 0 radical (unpaired) electrons. The predicted octanol–water partition coefficient (Wildman–Crippen LogP) is 4.32. The van der Waals surface area contributed by atoms with E-state index in [0.29, 0.717) is 6.42 Å². The molecule has 0 unspecified atom stereocenters. The molecule has 0 atom stereocenters. The lowest BCUT2D eigenvalue weighted by molar-refractivity contribution is -0.138. The smallest absolute Gasteiger partial charge is 0.418 e. The van der Waals surface area contributed by atoms with Crippen LogP contribution in [0.15, 0.2) is 59.2 Å². The average Bonchev–Trinajstić information content (AvgIpc) is 3.32. The van der Waals surface area contributed by atoms with Crippen LogP contribution in [0.2, 0.25) is 0 Å². The Morgan fingerprint density at radius 1 is 1.00 bits per heavy atom. The largest absolute Gasteiger partial charge is 0.464 e. The Bertz CT molecular complexity index is 965. The van der Waals surface area contributed by atoms with Crippen LogP contribution in [-0.4, -0.2) is 18.4 Å². The number of anilines is 1. The molecule has 5 nitrogen and oxygen atoms in total. The predicted molar refractivity (Wildman–Crippen MR) is 98.8 cm³/mol.